The third-order valence-corrected chi connectivity index (χ3v) is 6.06. The third-order valence-electron chi connectivity index (χ3n) is 4.97. The number of amides is 2. The van der Waals surface area contributed by atoms with Crippen LogP contribution in [0.1, 0.15) is 63.7 Å². The largest absolute Gasteiger partial charge is 0.290 e. The van der Waals surface area contributed by atoms with E-state index in [0.29, 0.717) is 22.2 Å². The second-order valence-corrected chi connectivity index (χ2v) is 8.34. The molecule has 0 spiro atoms. The molecule has 0 saturated heterocycles. The molecule has 3 aromatic rings. The first-order valence-electron chi connectivity index (χ1n) is 10.2. The Morgan fingerprint density at radius 3 is 2.43 bits per heavy atom. The fourth-order valence-corrected chi connectivity index (χ4v) is 4.29. The van der Waals surface area contributed by atoms with Gasteiger partial charge in [0, 0.05) is 16.8 Å². The van der Waals surface area contributed by atoms with Gasteiger partial charge in [0.1, 0.15) is 0 Å². The van der Waals surface area contributed by atoms with Crippen LogP contribution in [0.4, 0.5) is 0 Å². The van der Waals surface area contributed by atoms with Gasteiger partial charge in [-0.3, -0.25) is 25.2 Å². The van der Waals surface area contributed by atoms with E-state index in [0.717, 1.165) is 36.1 Å². The summed E-state index contributed by atoms with van der Waals surface area (Å²) in [7, 11) is 0. The minimum atomic E-state index is -0.562. The normalized spacial score (nSPS) is 10.9. The summed E-state index contributed by atoms with van der Waals surface area (Å²) in [6, 6.07) is 8.72. The molecule has 1 aromatic carbocycles. The minimum absolute atomic E-state index is 0.110. The highest BCUT2D eigenvalue weighted by Crippen LogP contribution is 2.21. The summed E-state index contributed by atoms with van der Waals surface area (Å²) in [5.74, 6) is -0.940. The lowest BCUT2D eigenvalue weighted by molar-refractivity contribution is 0.0845. The van der Waals surface area contributed by atoms with Gasteiger partial charge >= 0.3 is 0 Å². The van der Waals surface area contributed by atoms with Gasteiger partial charge in [0.25, 0.3) is 17.4 Å². The van der Waals surface area contributed by atoms with Gasteiger partial charge in [-0.2, -0.15) is 5.10 Å². The fourth-order valence-electron chi connectivity index (χ4n) is 3.28. The number of hydrogen-bond donors (Lipinski definition) is 2. The molecule has 0 radical (unpaired) electrons. The Morgan fingerprint density at radius 2 is 1.77 bits per heavy atom. The van der Waals surface area contributed by atoms with E-state index in [1.807, 2.05) is 19.9 Å². The fraction of sp³-hybridized carbons (Fsp3) is 0.364. The van der Waals surface area contributed by atoms with E-state index in [1.165, 1.54) is 16.0 Å². The number of hydrazine groups is 1. The summed E-state index contributed by atoms with van der Waals surface area (Å²) < 4.78 is 1.34. The zero-order chi connectivity index (χ0) is 21.7. The van der Waals surface area contributed by atoms with E-state index in [-0.39, 0.29) is 17.2 Å². The molecule has 3 rings (SSSR count). The summed E-state index contributed by atoms with van der Waals surface area (Å²) in [5, 5.41) is 5.19. The van der Waals surface area contributed by atoms with E-state index >= 15 is 0 Å². The van der Waals surface area contributed by atoms with E-state index in [1.54, 1.807) is 24.3 Å². The SMILES string of the molecule is CCCCCn1nc(C(=O)NNC(=O)c2cc(CC)c(C)s2)c2ccccc2c1=O. The van der Waals surface area contributed by atoms with Crippen molar-refractivity contribution < 1.29 is 9.59 Å². The van der Waals surface area contributed by atoms with Crippen molar-refractivity contribution in [1.82, 2.24) is 20.6 Å². The second-order valence-electron chi connectivity index (χ2n) is 7.08. The molecule has 2 aromatic heterocycles. The molecule has 8 heteroatoms. The topological polar surface area (TPSA) is 93.1 Å². The highest BCUT2D eigenvalue weighted by molar-refractivity contribution is 7.14. The van der Waals surface area contributed by atoms with Crippen LogP contribution in [0.15, 0.2) is 35.1 Å². The van der Waals surface area contributed by atoms with Crippen molar-refractivity contribution in [2.24, 2.45) is 0 Å². The van der Waals surface area contributed by atoms with Gasteiger partial charge < -0.3 is 0 Å². The molecule has 2 N–H and O–H groups in total. The first-order valence-corrected chi connectivity index (χ1v) is 11.0. The predicted molar refractivity (Wildman–Crippen MR) is 119 cm³/mol. The molecule has 0 fully saturated rings. The summed E-state index contributed by atoms with van der Waals surface area (Å²) in [5.41, 5.74) is 5.90. The van der Waals surface area contributed by atoms with E-state index < -0.39 is 5.91 Å². The average Bonchev–Trinajstić information content (AvgIpc) is 3.14. The van der Waals surface area contributed by atoms with Crippen molar-refractivity contribution in [1.29, 1.82) is 0 Å². The number of benzene rings is 1. The molecule has 7 nitrogen and oxygen atoms in total. The molecule has 2 heterocycles. The second kappa shape index (κ2) is 9.67. The summed E-state index contributed by atoms with van der Waals surface area (Å²) in [6.07, 6.45) is 3.64. The molecule has 0 aliphatic rings. The van der Waals surface area contributed by atoms with Gasteiger partial charge in [0.05, 0.1) is 10.3 Å². The van der Waals surface area contributed by atoms with Gasteiger partial charge in [-0.05, 0) is 37.5 Å². The maximum absolute atomic E-state index is 12.8. The molecule has 2 amide bonds. The molecule has 0 aliphatic carbocycles. The van der Waals surface area contributed by atoms with Crippen molar-refractivity contribution in [3.05, 3.63) is 61.7 Å². The number of aryl methyl sites for hydroxylation is 3. The number of rotatable bonds is 7. The lowest BCUT2D eigenvalue weighted by Crippen LogP contribution is -2.42. The van der Waals surface area contributed by atoms with Crippen molar-refractivity contribution in [2.45, 2.75) is 53.0 Å². The van der Waals surface area contributed by atoms with Crippen LogP contribution in [0.5, 0.6) is 0 Å². The lowest BCUT2D eigenvalue weighted by atomic mass is 10.1. The average molecular weight is 427 g/mol. The van der Waals surface area contributed by atoms with Crippen LogP contribution in [0, 0.1) is 6.92 Å². The number of nitrogens with one attached hydrogen (secondary N) is 2. The van der Waals surface area contributed by atoms with Crippen LogP contribution in [0.3, 0.4) is 0 Å². The monoisotopic (exact) mass is 426 g/mol. The van der Waals surface area contributed by atoms with Gasteiger partial charge in [-0.1, -0.05) is 44.9 Å². The number of unbranched alkanes of at least 4 members (excludes halogenated alkanes) is 2. The molecule has 0 unspecified atom stereocenters. The number of fused-ring (bicyclic) bond motifs is 1. The molecular weight excluding hydrogens is 400 g/mol. The molecule has 0 aliphatic heterocycles. The number of carbonyl (C=O) groups excluding carboxylic acids is 2. The highest BCUT2D eigenvalue weighted by atomic mass is 32.1. The Balaban J connectivity index is 1.83. The first kappa shape index (κ1) is 21.7. The number of carbonyl (C=O) groups is 2. The number of nitrogens with zero attached hydrogens (tertiary/aromatic N) is 2. The van der Waals surface area contributed by atoms with Crippen LogP contribution in [-0.2, 0) is 13.0 Å². The summed E-state index contributed by atoms with van der Waals surface area (Å²) in [6.45, 7) is 6.52. The molecule has 0 saturated carbocycles. The zero-order valence-corrected chi connectivity index (χ0v) is 18.3. The van der Waals surface area contributed by atoms with E-state index in [9.17, 15) is 14.4 Å². The number of aromatic nitrogens is 2. The number of hydrogen-bond acceptors (Lipinski definition) is 5. The molecule has 30 heavy (non-hydrogen) atoms. The lowest BCUT2D eigenvalue weighted by Gasteiger charge is -2.11. The standard InChI is InChI=1S/C22H26N4O3S/c1-4-6-9-12-26-22(29)17-11-8-7-10-16(17)19(25-26)21(28)24-23-20(27)18-13-15(5-2)14(3)30-18/h7-8,10-11,13H,4-6,9,12H2,1-3H3,(H,23,27)(H,24,28). The van der Waals surface area contributed by atoms with E-state index in [2.05, 4.69) is 22.9 Å². The first-order chi connectivity index (χ1) is 14.5. The Kier molecular flexibility index (Phi) is 6.99. The Hall–Kier alpha value is -3.00. The number of thiophene rings is 1. The maximum atomic E-state index is 12.8. The molecule has 0 atom stereocenters. The minimum Gasteiger partial charge on any atom is -0.267 e. The van der Waals surface area contributed by atoms with Gasteiger partial charge in [-0.15, -0.1) is 11.3 Å². The summed E-state index contributed by atoms with van der Waals surface area (Å²) >= 11 is 1.39. The van der Waals surface area contributed by atoms with Crippen molar-refractivity contribution in [2.75, 3.05) is 0 Å². The third kappa shape index (κ3) is 4.59. The quantitative estimate of drug-likeness (QED) is 0.446. The zero-order valence-electron chi connectivity index (χ0n) is 17.4. The van der Waals surface area contributed by atoms with Crippen LogP contribution in [0.25, 0.3) is 10.8 Å². The van der Waals surface area contributed by atoms with Crippen molar-refractivity contribution in [3.63, 3.8) is 0 Å². The van der Waals surface area contributed by atoms with Gasteiger partial charge in [-0.25, -0.2) is 4.68 Å². The van der Waals surface area contributed by atoms with Crippen LogP contribution >= 0.6 is 11.3 Å². The Labute approximate surface area is 179 Å². The van der Waals surface area contributed by atoms with Crippen LogP contribution in [-0.4, -0.2) is 21.6 Å². The van der Waals surface area contributed by atoms with Gasteiger partial charge in [0.2, 0.25) is 0 Å². The molecule has 158 valence electrons. The smallest absolute Gasteiger partial charge is 0.267 e. The van der Waals surface area contributed by atoms with Crippen LogP contribution < -0.4 is 16.4 Å². The van der Waals surface area contributed by atoms with Crippen LogP contribution in [0.2, 0.25) is 0 Å². The predicted octanol–water partition coefficient (Wildman–Crippen LogP) is 3.59. The van der Waals surface area contributed by atoms with Gasteiger partial charge in [0.15, 0.2) is 5.69 Å². The maximum Gasteiger partial charge on any atom is 0.290 e. The van der Waals surface area contributed by atoms with Crippen molar-refractivity contribution >= 4 is 33.9 Å². The van der Waals surface area contributed by atoms with Crippen molar-refractivity contribution in [3.8, 4) is 0 Å². The van der Waals surface area contributed by atoms with E-state index in [4.69, 9.17) is 0 Å². The Bertz CT molecular complexity index is 1130. The highest BCUT2D eigenvalue weighted by Gasteiger charge is 2.18. The Morgan fingerprint density at radius 1 is 1.07 bits per heavy atom. The molecule has 0 bridgehead atoms. The molecular formula is C22H26N4O3S. The summed E-state index contributed by atoms with van der Waals surface area (Å²) in [4.78, 5) is 39.6.